The Hall–Kier alpha value is -4.06. The zero-order chi connectivity index (χ0) is 32.3. The van der Waals surface area contributed by atoms with Crippen LogP contribution in [0.3, 0.4) is 0 Å². The van der Waals surface area contributed by atoms with Gasteiger partial charge >= 0.3 is 18.3 Å². The molecule has 5 rings (SSSR count). The van der Waals surface area contributed by atoms with Crippen molar-refractivity contribution < 1.29 is 44.9 Å². The number of amides is 1. The molecule has 1 amide bonds. The van der Waals surface area contributed by atoms with E-state index in [2.05, 4.69) is 14.7 Å². The molecule has 1 aliphatic rings. The number of carbonyl (C=O) groups is 1. The zero-order valence-corrected chi connectivity index (χ0v) is 24.6. The molecule has 6 N–H and O–H groups in total. The highest BCUT2D eigenvalue weighted by Crippen LogP contribution is 2.47. The van der Waals surface area contributed by atoms with Crippen LogP contribution in [0, 0.1) is 0 Å². The molecule has 1 atom stereocenters. The molecule has 232 valence electrons. The van der Waals surface area contributed by atoms with E-state index in [9.17, 15) is 24.9 Å². The molecule has 0 bridgehead atoms. The number of hydrogen-bond donors (Lipinski definition) is 6. The van der Waals surface area contributed by atoms with E-state index in [1.165, 1.54) is 34.8 Å². The lowest BCUT2D eigenvalue weighted by molar-refractivity contribution is -0.422. The molecule has 1 aliphatic heterocycles. The number of carbonyl (C=O) groups excluding carboxylic acids is 1. The lowest BCUT2D eigenvalue weighted by Crippen LogP contribution is -2.36. The number of anilines is 1. The Morgan fingerprint density at radius 1 is 0.932 bits per heavy atom. The van der Waals surface area contributed by atoms with Gasteiger partial charge in [-0.1, -0.05) is 35.3 Å². The molecule has 1 unspecified atom stereocenters. The minimum Gasteiger partial charge on any atom is -0.398 e. The number of benzene rings is 1. The molecule has 17 heteroatoms. The van der Waals surface area contributed by atoms with E-state index in [1.807, 2.05) is 13.8 Å². The van der Waals surface area contributed by atoms with Crippen LogP contribution in [0.25, 0.3) is 11.3 Å². The number of aliphatic hydroxyl groups is 6. The lowest BCUT2D eigenvalue weighted by Gasteiger charge is -2.29. The first-order chi connectivity index (χ1) is 20.4. The van der Waals surface area contributed by atoms with E-state index in [0.29, 0.717) is 22.0 Å². The van der Waals surface area contributed by atoms with E-state index in [4.69, 9.17) is 43.3 Å². The van der Waals surface area contributed by atoms with Crippen molar-refractivity contribution >= 4 is 34.8 Å². The fourth-order valence-electron chi connectivity index (χ4n) is 5.03. The number of ether oxygens (including phenoxy) is 2. The van der Waals surface area contributed by atoms with Crippen molar-refractivity contribution in [2.24, 2.45) is 7.05 Å². The van der Waals surface area contributed by atoms with Gasteiger partial charge in [0.25, 0.3) is 11.5 Å². The van der Waals surface area contributed by atoms with Gasteiger partial charge in [-0.2, -0.15) is 4.98 Å². The molecule has 0 saturated heterocycles. The standard InChI is InChI=1S/C27H25Cl2N5O10/c1-12(2)33-19(17-10-30-25(44-27(40,41)42)31-22(17)43-26(37,38)39)9-16-21(33)20(13-4-6-14(28)7-5-13)34(23(16)35)15-8-18(29)24(36)32(3)11-15/h4-12,20,37-42H,1-3H3. The number of aromatic nitrogens is 4. The summed E-state index contributed by atoms with van der Waals surface area (Å²) in [5.74, 6) is -1.22. The predicted molar refractivity (Wildman–Crippen MR) is 153 cm³/mol. The largest absolute Gasteiger partial charge is 0.455 e. The Bertz CT molecular complexity index is 1780. The maximum Gasteiger partial charge on any atom is 0.455 e. The predicted octanol–water partition coefficient (Wildman–Crippen LogP) is 1.22. The van der Waals surface area contributed by atoms with Gasteiger partial charge in [-0.25, -0.2) is 4.98 Å². The second-order valence-corrected chi connectivity index (χ2v) is 11.0. The first kappa shape index (κ1) is 31.4. The average Bonchev–Trinajstić information content (AvgIpc) is 3.41. The summed E-state index contributed by atoms with van der Waals surface area (Å²) in [4.78, 5) is 35.5. The van der Waals surface area contributed by atoms with Crippen molar-refractivity contribution in [3.05, 3.63) is 86.0 Å². The van der Waals surface area contributed by atoms with Crippen LogP contribution in [0.4, 0.5) is 5.69 Å². The smallest absolute Gasteiger partial charge is 0.398 e. The molecule has 44 heavy (non-hydrogen) atoms. The highest BCUT2D eigenvalue weighted by molar-refractivity contribution is 6.31. The second kappa shape index (κ2) is 11.1. The molecule has 1 aromatic carbocycles. The Kier molecular flexibility index (Phi) is 7.94. The van der Waals surface area contributed by atoms with Gasteiger partial charge in [-0.3, -0.25) is 14.5 Å². The summed E-state index contributed by atoms with van der Waals surface area (Å²) in [5, 5.41) is 56.6. The molecule has 4 aromatic rings. The van der Waals surface area contributed by atoms with Crippen LogP contribution in [0.2, 0.25) is 10.0 Å². The highest BCUT2D eigenvalue weighted by atomic mass is 35.5. The number of halogens is 2. The Morgan fingerprint density at radius 3 is 2.14 bits per heavy atom. The average molecular weight is 650 g/mol. The van der Waals surface area contributed by atoms with Crippen LogP contribution in [-0.4, -0.2) is 68.0 Å². The van der Waals surface area contributed by atoms with Crippen LogP contribution in [0.1, 0.15) is 47.5 Å². The summed E-state index contributed by atoms with van der Waals surface area (Å²) in [6.45, 7) is 3.62. The molecule has 3 aromatic heterocycles. The first-order valence-electron chi connectivity index (χ1n) is 12.7. The third-order valence-electron chi connectivity index (χ3n) is 6.62. The van der Waals surface area contributed by atoms with E-state index >= 15 is 0 Å². The van der Waals surface area contributed by atoms with Crippen LogP contribution in [-0.2, 0) is 7.05 Å². The first-order valence-corrected chi connectivity index (χ1v) is 13.5. The fourth-order valence-corrected chi connectivity index (χ4v) is 5.40. The molecular formula is C27H25Cl2N5O10. The van der Waals surface area contributed by atoms with Gasteiger partial charge in [0, 0.05) is 30.5 Å². The van der Waals surface area contributed by atoms with E-state index < -0.39 is 41.7 Å². The van der Waals surface area contributed by atoms with Gasteiger partial charge in [0.15, 0.2) is 0 Å². The molecule has 4 heterocycles. The van der Waals surface area contributed by atoms with Crippen LogP contribution in [0.5, 0.6) is 11.9 Å². The summed E-state index contributed by atoms with van der Waals surface area (Å²) in [6.07, 6.45) is -4.95. The second-order valence-electron chi connectivity index (χ2n) is 10.1. The summed E-state index contributed by atoms with van der Waals surface area (Å²) in [6, 6.07) is 7.57. The van der Waals surface area contributed by atoms with Crippen molar-refractivity contribution in [3.63, 3.8) is 0 Å². The number of hydrogen-bond acceptors (Lipinski definition) is 12. The van der Waals surface area contributed by atoms with Crippen LogP contribution in [0.15, 0.2) is 53.6 Å². The van der Waals surface area contributed by atoms with E-state index in [1.54, 1.807) is 28.8 Å². The molecule has 0 aliphatic carbocycles. The normalized spacial score (nSPS) is 15.2. The summed E-state index contributed by atoms with van der Waals surface area (Å²) >= 11 is 12.4. The molecule has 0 radical (unpaired) electrons. The number of nitrogens with zero attached hydrogens (tertiary/aromatic N) is 5. The van der Waals surface area contributed by atoms with Crippen LogP contribution >= 0.6 is 23.2 Å². The number of fused-ring (bicyclic) bond motifs is 1. The van der Waals surface area contributed by atoms with Crippen molar-refractivity contribution in [2.75, 3.05) is 4.90 Å². The zero-order valence-electron chi connectivity index (χ0n) is 23.1. The van der Waals surface area contributed by atoms with Crippen molar-refractivity contribution in [1.82, 2.24) is 19.1 Å². The summed E-state index contributed by atoms with van der Waals surface area (Å²) in [5.41, 5.74) is 1.31. The molecule has 0 spiro atoms. The highest BCUT2D eigenvalue weighted by Gasteiger charge is 2.44. The van der Waals surface area contributed by atoms with Crippen molar-refractivity contribution in [2.45, 2.75) is 38.2 Å². The molecule has 15 nitrogen and oxygen atoms in total. The third-order valence-corrected chi connectivity index (χ3v) is 7.14. The quantitative estimate of drug-likeness (QED) is 0.149. The third kappa shape index (κ3) is 5.99. The number of rotatable bonds is 8. The van der Waals surface area contributed by atoms with Crippen LogP contribution < -0.4 is 19.9 Å². The number of aryl methyl sites for hydroxylation is 1. The van der Waals surface area contributed by atoms with Gasteiger partial charge < -0.3 is 49.2 Å². The Balaban J connectivity index is 1.76. The van der Waals surface area contributed by atoms with Gasteiger partial charge in [0.05, 0.1) is 28.2 Å². The van der Waals surface area contributed by atoms with Gasteiger partial charge in [-0.15, -0.1) is 0 Å². The van der Waals surface area contributed by atoms with Crippen molar-refractivity contribution in [1.29, 1.82) is 0 Å². The monoisotopic (exact) mass is 649 g/mol. The number of pyridine rings is 1. The topological polar surface area (TPSA) is 213 Å². The van der Waals surface area contributed by atoms with Gasteiger partial charge in [0.2, 0.25) is 5.88 Å². The Labute approximate surface area is 257 Å². The summed E-state index contributed by atoms with van der Waals surface area (Å²) < 4.78 is 12.1. The van der Waals surface area contributed by atoms with Gasteiger partial charge in [-0.05, 0) is 43.7 Å². The molecule has 0 saturated carbocycles. The summed E-state index contributed by atoms with van der Waals surface area (Å²) in [7, 11) is 1.50. The Morgan fingerprint density at radius 2 is 1.57 bits per heavy atom. The SMILES string of the molecule is CC(C)n1c(-c2cnc(OC(O)(O)O)nc2OC(O)(O)O)cc2c1C(c1ccc(Cl)cc1)N(c1cc(Cl)c(=O)n(C)c1)C2=O. The molecular weight excluding hydrogens is 625 g/mol. The van der Waals surface area contributed by atoms with Gasteiger partial charge in [0.1, 0.15) is 11.1 Å². The maximum atomic E-state index is 14.2. The maximum absolute atomic E-state index is 14.2. The minimum atomic E-state index is -3.76. The van der Waals surface area contributed by atoms with E-state index in [0.717, 1.165) is 6.20 Å². The van der Waals surface area contributed by atoms with E-state index in [-0.39, 0.29) is 27.9 Å². The molecule has 0 fully saturated rings. The lowest BCUT2D eigenvalue weighted by atomic mass is 10.0. The fraction of sp³-hybridized carbons (Fsp3) is 0.259. The minimum absolute atomic E-state index is 0.0965. The van der Waals surface area contributed by atoms with Crippen molar-refractivity contribution in [3.8, 4) is 23.1 Å².